The summed E-state index contributed by atoms with van der Waals surface area (Å²) in [4.78, 5) is 16.7. The van der Waals surface area contributed by atoms with E-state index >= 15 is 0 Å². The number of hydrogen-bond acceptors (Lipinski definition) is 4. The van der Waals surface area contributed by atoms with Gasteiger partial charge >= 0.3 is 0 Å². The topological polar surface area (TPSA) is 46.9 Å². The van der Waals surface area contributed by atoms with Crippen molar-refractivity contribution in [2.75, 3.05) is 5.32 Å². The highest BCUT2D eigenvalue weighted by Gasteiger charge is 2.31. The zero-order valence-electron chi connectivity index (χ0n) is 10.9. The standard InChI is InChI=1S/C14H15N3OS/c1-8(2)7-11-13(18)17-12(15-11)9-5-3-4-6-10(9)16-14(17)19/h3-6,8,11,15H,7H2,1-2H3/t11-/m0/s1. The molecule has 1 N–H and O–H groups in total. The lowest BCUT2D eigenvalue weighted by molar-refractivity contribution is 0.0896. The number of carbonyl (C=O) groups excluding carboxylic acids is 1. The van der Waals surface area contributed by atoms with Crippen LogP contribution in [-0.2, 0) is 0 Å². The van der Waals surface area contributed by atoms with Gasteiger partial charge in [0.15, 0.2) is 0 Å². The van der Waals surface area contributed by atoms with Gasteiger partial charge < -0.3 is 5.32 Å². The number of fused-ring (bicyclic) bond motifs is 3. The van der Waals surface area contributed by atoms with Crippen LogP contribution < -0.4 is 5.32 Å². The zero-order valence-corrected chi connectivity index (χ0v) is 11.7. The van der Waals surface area contributed by atoms with E-state index in [0.717, 1.165) is 23.1 Å². The van der Waals surface area contributed by atoms with Crippen molar-refractivity contribution in [3.8, 4) is 0 Å². The maximum Gasteiger partial charge on any atom is 0.257 e. The summed E-state index contributed by atoms with van der Waals surface area (Å²) in [5, 5.41) is 4.25. The lowest BCUT2D eigenvalue weighted by atomic mass is 10.0. The summed E-state index contributed by atoms with van der Waals surface area (Å²) in [5.41, 5.74) is 0.823. The summed E-state index contributed by atoms with van der Waals surface area (Å²) in [6.07, 6.45) is 0.795. The Labute approximate surface area is 116 Å². The molecular formula is C14H15N3OS. The summed E-state index contributed by atoms with van der Waals surface area (Å²) in [6.45, 7) is 4.21. The van der Waals surface area contributed by atoms with Gasteiger partial charge in [-0.1, -0.05) is 26.0 Å². The maximum absolute atomic E-state index is 12.4. The Morgan fingerprint density at radius 2 is 2.16 bits per heavy atom. The molecule has 1 aromatic carbocycles. The predicted octanol–water partition coefficient (Wildman–Crippen LogP) is 3.25. The molecule has 4 nitrogen and oxygen atoms in total. The number of benzene rings is 1. The van der Waals surface area contributed by atoms with E-state index in [-0.39, 0.29) is 11.9 Å². The van der Waals surface area contributed by atoms with E-state index in [2.05, 4.69) is 24.1 Å². The van der Waals surface area contributed by atoms with Crippen LogP contribution in [0.2, 0.25) is 0 Å². The first-order valence-corrected chi connectivity index (χ1v) is 6.81. The van der Waals surface area contributed by atoms with Crippen molar-refractivity contribution in [2.24, 2.45) is 5.92 Å². The van der Waals surface area contributed by atoms with E-state index in [1.807, 2.05) is 24.3 Å². The summed E-state index contributed by atoms with van der Waals surface area (Å²) < 4.78 is 1.86. The average Bonchev–Trinajstić information content (AvgIpc) is 2.67. The highest BCUT2D eigenvalue weighted by atomic mass is 32.1. The minimum atomic E-state index is -0.200. The third-order valence-corrected chi connectivity index (χ3v) is 3.60. The van der Waals surface area contributed by atoms with Gasteiger partial charge in [-0.3, -0.25) is 4.79 Å². The second-order valence-corrected chi connectivity index (χ2v) is 5.63. The molecule has 0 amide bonds. The molecule has 0 radical (unpaired) electrons. The predicted molar refractivity (Wildman–Crippen MR) is 78.1 cm³/mol. The average molecular weight is 273 g/mol. The first kappa shape index (κ1) is 12.3. The molecule has 2 heterocycles. The smallest absolute Gasteiger partial charge is 0.257 e. The largest absolute Gasteiger partial charge is 0.359 e. The van der Waals surface area contributed by atoms with Crippen molar-refractivity contribution < 1.29 is 4.79 Å². The molecule has 1 atom stereocenters. The van der Waals surface area contributed by atoms with Crippen LogP contribution in [0.1, 0.15) is 25.1 Å². The summed E-state index contributed by atoms with van der Waals surface area (Å²) >= 11 is 5.24. The van der Waals surface area contributed by atoms with Crippen LogP contribution in [-0.4, -0.2) is 21.5 Å². The second kappa shape index (κ2) is 4.42. The molecule has 2 aromatic rings. The van der Waals surface area contributed by atoms with Crippen molar-refractivity contribution in [1.29, 1.82) is 0 Å². The first-order chi connectivity index (χ1) is 9.08. The van der Waals surface area contributed by atoms with E-state index < -0.39 is 0 Å². The Balaban J connectivity index is 2.19. The molecule has 0 unspecified atom stereocenters. The van der Waals surface area contributed by atoms with E-state index in [4.69, 9.17) is 12.2 Å². The van der Waals surface area contributed by atoms with Crippen LogP contribution in [0.3, 0.4) is 0 Å². The van der Waals surface area contributed by atoms with Crippen LogP contribution in [0.5, 0.6) is 0 Å². The number of rotatable bonds is 2. The van der Waals surface area contributed by atoms with Gasteiger partial charge in [-0.25, -0.2) is 9.55 Å². The molecule has 0 saturated heterocycles. The van der Waals surface area contributed by atoms with Crippen LogP contribution >= 0.6 is 12.2 Å². The molecule has 5 heteroatoms. The SMILES string of the molecule is CC(C)C[C@@H]1Nc2c3ccccc3nc(=S)n2C1=O. The zero-order chi connectivity index (χ0) is 13.6. The number of nitrogens with zero attached hydrogens (tertiary/aromatic N) is 2. The van der Waals surface area contributed by atoms with Gasteiger partial charge in [0.1, 0.15) is 11.9 Å². The van der Waals surface area contributed by atoms with Crippen molar-refractivity contribution in [2.45, 2.75) is 26.3 Å². The molecule has 98 valence electrons. The Kier molecular flexibility index (Phi) is 2.86. The quantitative estimate of drug-likeness (QED) is 0.853. The van der Waals surface area contributed by atoms with Gasteiger partial charge in [0.2, 0.25) is 4.77 Å². The van der Waals surface area contributed by atoms with Gasteiger partial charge in [-0.05, 0) is 36.7 Å². The Hall–Kier alpha value is -1.75. The number of nitrogens with one attached hydrogen (secondary N) is 1. The highest BCUT2D eigenvalue weighted by molar-refractivity contribution is 7.71. The lowest BCUT2D eigenvalue weighted by Crippen LogP contribution is -2.26. The Morgan fingerprint density at radius 1 is 1.42 bits per heavy atom. The molecular weight excluding hydrogens is 258 g/mol. The van der Waals surface area contributed by atoms with E-state index in [0.29, 0.717) is 10.7 Å². The van der Waals surface area contributed by atoms with Crippen LogP contribution in [0.4, 0.5) is 5.82 Å². The molecule has 3 rings (SSSR count). The van der Waals surface area contributed by atoms with Gasteiger partial charge in [-0.2, -0.15) is 0 Å². The van der Waals surface area contributed by atoms with Crippen LogP contribution in [0, 0.1) is 10.7 Å². The highest BCUT2D eigenvalue weighted by Crippen LogP contribution is 2.29. The van der Waals surface area contributed by atoms with Gasteiger partial charge in [0.05, 0.1) is 5.52 Å². The molecule has 1 aliphatic heterocycles. The molecule has 19 heavy (non-hydrogen) atoms. The molecule has 0 spiro atoms. The summed E-state index contributed by atoms with van der Waals surface area (Å²) in [5.74, 6) is 1.24. The van der Waals surface area contributed by atoms with E-state index in [1.54, 1.807) is 0 Å². The molecule has 0 fully saturated rings. The van der Waals surface area contributed by atoms with E-state index in [9.17, 15) is 4.79 Å². The van der Waals surface area contributed by atoms with Crippen molar-refractivity contribution >= 4 is 34.8 Å². The van der Waals surface area contributed by atoms with Crippen LogP contribution in [0.15, 0.2) is 24.3 Å². The molecule has 0 bridgehead atoms. The summed E-state index contributed by atoms with van der Waals surface area (Å²) in [7, 11) is 0. The molecule has 0 saturated carbocycles. The van der Waals surface area contributed by atoms with Gasteiger partial charge in [-0.15, -0.1) is 0 Å². The molecule has 0 aliphatic carbocycles. The van der Waals surface area contributed by atoms with Crippen molar-refractivity contribution in [3.63, 3.8) is 0 Å². The monoisotopic (exact) mass is 273 g/mol. The third kappa shape index (κ3) is 1.94. The number of carbonyl (C=O) groups is 1. The number of para-hydroxylation sites is 1. The third-order valence-electron chi connectivity index (χ3n) is 3.33. The number of anilines is 1. The Bertz CT molecular complexity index is 720. The fourth-order valence-electron chi connectivity index (χ4n) is 2.50. The minimum absolute atomic E-state index is 0.00644. The van der Waals surface area contributed by atoms with E-state index in [1.165, 1.54) is 4.57 Å². The minimum Gasteiger partial charge on any atom is -0.359 e. The number of hydrogen-bond donors (Lipinski definition) is 1. The molecule has 1 aliphatic rings. The van der Waals surface area contributed by atoms with Crippen LogP contribution in [0.25, 0.3) is 10.9 Å². The number of aromatic nitrogens is 2. The molecule has 1 aromatic heterocycles. The van der Waals surface area contributed by atoms with Crippen molar-refractivity contribution in [1.82, 2.24) is 9.55 Å². The van der Waals surface area contributed by atoms with Crippen molar-refractivity contribution in [3.05, 3.63) is 29.0 Å². The fourth-order valence-corrected chi connectivity index (χ4v) is 2.78. The maximum atomic E-state index is 12.4. The first-order valence-electron chi connectivity index (χ1n) is 6.40. The Morgan fingerprint density at radius 3 is 2.89 bits per heavy atom. The van der Waals surface area contributed by atoms with Gasteiger partial charge in [0, 0.05) is 5.39 Å². The second-order valence-electron chi connectivity index (χ2n) is 5.26. The summed E-state index contributed by atoms with van der Waals surface area (Å²) in [6, 6.07) is 7.53. The normalized spacial score (nSPS) is 17.8. The lowest BCUT2D eigenvalue weighted by Gasteiger charge is -2.10. The fraction of sp³-hybridized carbons (Fsp3) is 0.357. The van der Waals surface area contributed by atoms with Gasteiger partial charge in [0.25, 0.3) is 5.91 Å².